The SMILES string of the molecule is CC(C)n1ncnc1CC(=O)c1ccc(CCN)cc1. The van der Waals surface area contributed by atoms with E-state index in [0.717, 1.165) is 12.0 Å². The Labute approximate surface area is 118 Å². The van der Waals surface area contributed by atoms with Crippen LogP contribution in [0.3, 0.4) is 0 Å². The van der Waals surface area contributed by atoms with Gasteiger partial charge >= 0.3 is 0 Å². The van der Waals surface area contributed by atoms with Gasteiger partial charge in [-0.3, -0.25) is 4.79 Å². The first-order valence-electron chi connectivity index (χ1n) is 6.82. The van der Waals surface area contributed by atoms with Gasteiger partial charge in [0, 0.05) is 11.6 Å². The number of nitrogens with zero attached hydrogens (tertiary/aromatic N) is 3. The molecule has 0 aliphatic carbocycles. The zero-order chi connectivity index (χ0) is 14.5. The molecule has 0 amide bonds. The molecule has 5 heteroatoms. The van der Waals surface area contributed by atoms with E-state index in [1.807, 2.05) is 38.1 Å². The Kier molecular flexibility index (Phi) is 4.63. The molecule has 2 N–H and O–H groups in total. The maximum absolute atomic E-state index is 12.3. The molecule has 0 saturated carbocycles. The van der Waals surface area contributed by atoms with Crippen LogP contribution in [-0.4, -0.2) is 27.1 Å². The topological polar surface area (TPSA) is 73.8 Å². The normalized spacial score (nSPS) is 11.0. The van der Waals surface area contributed by atoms with Crippen molar-refractivity contribution in [1.29, 1.82) is 0 Å². The first-order valence-corrected chi connectivity index (χ1v) is 6.82. The van der Waals surface area contributed by atoms with Crippen LogP contribution in [0.15, 0.2) is 30.6 Å². The summed E-state index contributed by atoms with van der Waals surface area (Å²) in [7, 11) is 0. The summed E-state index contributed by atoms with van der Waals surface area (Å²) in [6.45, 7) is 4.65. The van der Waals surface area contributed by atoms with E-state index in [0.29, 0.717) is 17.9 Å². The summed E-state index contributed by atoms with van der Waals surface area (Å²) >= 11 is 0. The number of carbonyl (C=O) groups excluding carboxylic acids is 1. The van der Waals surface area contributed by atoms with Gasteiger partial charge < -0.3 is 5.73 Å². The number of Topliss-reactive ketones (excluding diaryl/α,β-unsaturated/α-hetero) is 1. The predicted molar refractivity (Wildman–Crippen MR) is 77.6 cm³/mol. The summed E-state index contributed by atoms with van der Waals surface area (Å²) in [4.78, 5) is 16.4. The van der Waals surface area contributed by atoms with E-state index in [9.17, 15) is 4.79 Å². The van der Waals surface area contributed by atoms with Crippen molar-refractivity contribution in [1.82, 2.24) is 14.8 Å². The molecule has 0 saturated heterocycles. The van der Waals surface area contributed by atoms with Gasteiger partial charge in [-0.05, 0) is 32.4 Å². The third-order valence-corrected chi connectivity index (χ3v) is 3.16. The Morgan fingerprint density at radius 3 is 2.60 bits per heavy atom. The number of hydrogen-bond acceptors (Lipinski definition) is 4. The molecule has 0 unspecified atom stereocenters. The monoisotopic (exact) mass is 272 g/mol. The van der Waals surface area contributed by atoms with Crippen LogP contribution >= 0.6 is 0 Å². The molecule has 20 heavy (non-hydrogen) atoms. The van der Waals surface area contributed by atoms with Crippen LogP contribution in [-0.2, 0) is 12.8 Å². The van der Waals surface area contributed by atoms with Gasteiger partial charge in [0.2, 0.25) is 0 Å². The highest BCUT2D eigenvalue weighted by Crippen LogP contribution is 2.11. The third kappa shape index (κ3) is 3.30. The smallest absolute Gasteiger partial charge is 0.170 e. The summed E-state index contributed by atoms with van der Waals surface area (Å²) in [6.07, 6.45) is 2.59. The highest BCUT2D eigenvalue weighted by molar-refractivity contribution is 5.97. The van der Waals surface area contributed by atoms with Crippen LogP contribution in [0.5, 0.6) is 0 Å². The average molecular weight is 272 g/mol. The number of nitrogens with two attached hydrogens (primary N) is 1. The summed E-state index contributed by atoms with van der Waals surface area (Å²) < 4.78 is 1.78. The second kappa shape index (κ2) is 6.43. The minimum absolute atomic E-state index is 0.0548. The Morgan fingerprint density at radius 2 is 2.00 bits per heavy atom. The number of hydrogen-bond donors (Lipinski definition) is 1. The molecule has 0 bridgehead atoms. The first kappa shape index (κ1) is 14.4. The van der Waals surface area contributed by atoms with E-state index >= 15 is 0 Å². The van der Waals surface area contributed by atoms with Gasteiger partial charge in [0.05, 0.1) is 6.42 Å². The van der Waals surface area contributed by atoms with Crippen LogP contribution in [0.2, 0.25) is 0 Å². The molecule has 106 valence electrons. The van der Waals surface area contributed by atoms with Crippen molar-refractivity contribution < 1.29 is 4.79 Å². The molecule has 2 aromatic rings. The summed E-state index contributed by atoms with van der Waals surface area (Å²) in [5, 5.41) is 4.14. The van der Waals surface area contributed by atoms with Crippen molar-refractivity contribution in [2.45, 2.75) is 32.7 Å². The van der Waals surface area contributed by atoms with E-state index in [4.69, 9.17) is 5.73 Å². The summed E-state index contributed by atoms with van der Waals surface area (Å²) in [6, 6.07) is 7.81. The predicted octanol–water partition coefficient (Wildman–Crippen LogP) is 1.79. The van der Waals surface area contributed by atoms with Crippen LogP contribution in [0.1, 0.15) is 41.6 Å². The zero-order valence-electron chi connectivity index (χ0n) is 11.9. The van der Waals surface area contributed by atoms with E-state index in [2.05, 4.69) is 10.1 Å². The third-order valence-electron chi connectivity index (χ3n) is 3.16. The lowest BCUT2D eigenvalue weighted by atomic mass is 10.0. The lowest BCUT2D eigenvalue weighted by Gasteiger charge is -2.09. The van der Waals surface area contributed by atoms with Gasteiger partial charge in [-0.2, -0.15) is 5.10 Å². The maximum atomic E-state index is 12.3. The fourth-order valence-electron chi connectivity index (χ4n) is 2.10. The fraction of sp³-hybridized carbons (Fsp3) is 0.400. The minimum atomic E-state index is 0.0548. The summed E-state index contributed by atoms with van der Waals surface area (Å²) in [5.41, 5.74) is 7.35. The van der Waals surface area contributed by atoms with Crippen LogP contribution < -0.4 is 5.73 Å². The van der Waals surface area contributed by atoms with Gasteiger partial charge in [-0.1, -0.05) is 24.3 Å². The van der Waals surface area contributed by atoms with Crippen LogP contribution in [0, 0.1) is 0 Å². The van der Waals surface area contributed by atoms with E-state index < -0.39 is 0 Å². The molecule has 1 heterocycles. The minimum Gasteiger partial charge on any atom is -0.330 e. The molecule has 1 aromatic carbocycles. The molecule has 0 atom stereocenters. The van der Waals surface area contributed by atoms with Crippen molar-refractivity contribution in [2.75, 3.05) is 6.54 Å². The number of carbonyl (C=O) groups is 1. The second-order valence-corrected chi connectivity index (χ2v) is 5.05. The Morgan fingerprint density at radius 1 is 1.30 bits per heavy atom. The standard InChI is InChI=1S/C15H20N4O/c1-11(2)19-15(17-10-18-19)9-14(20)13-5-3-12(4-6-13)7-8-16/h3-6,10-11H,7-9,16H2,1-2H3. The first-order chi connectivity index (χ1) is 9.61. The lowest BCUT2D eigenvalue weighted by Crippen LogP contribution is -2.13. The van der Waals surface area contributed by atoms with Crippen molar-refractivity contribution in [3.63, 3.8) is 0 Å². The van der Waals surface area contributed by atoms with Crippen molar-refractivity contribution >= 4 is 5.78 Å². The molecule has 0 spiro atoms. The Hall–Kier alpha value is -2.01. The Bertz CT molecular complexity index is 572. The molecule has 0 radical (unpaired) electrons. The van der Waals surface area contributed by atoms with Crippen LogP contribution in [0.25, 0.3) is 0 Å². The molecule has 2 rings (SSSR count). The Balaban J connectivity index is 2.09. The maximum Gasteiger partial charge on any atom is 0.170 e. The quantitative estimate of drug-likeness (QED) is 0.813. The van der Waals surface area contributed by atoms with Gasteiger partial charge in [-0.15, -0.1) is 0 Å². The van der Waals surface area contributed by atoms with Crippen molar-refractivity contribution in [3.8, 4) is 0 Å². The van der Waals surface area contributed by atoms with E-state index in [1.54, 1.807) is 4.68 Å². The number of ketones is 1. The number of benzene rings is 1. The molecular weight excluding hydrogens is 252 g/mol. The molecule has 0 aliphatic heterocycles. The van der Waals surface area contributed by atoms with Crippen molar-refractivity contribution in [2.24, 2.45) is 5.73 Å². The van der Waals surface area contributed by atoms with Crippen LogP contribution in [0.4, 0.5) is 0 Å². The van der Waals surface area contributed by atoms with Gasteiger partial charge in [-0.25, -0.2) is 9.67 Å². The fourth-order valence-corrected chi connectivity index (χ4v) is 2.10. The lowest BCUT2D eigenvalue weighted by molar-refractivity contribution is 0.0989. The second-order valence-electron chi connectivity index (χ2n) is 5.05. The number of rotatable bonds is 6. The zero-order valence-corrected chi connectivity index (χ0v) is 11.9. The largest absolute Gasteiger partial charge is 0.330 e. The molecule has 5 nitrogen and oxygen atoms in total. The average Bonchev–Trinajstić information content (AvgIpc) is 2.88. The molecular formula is C15H20N4O. The van der Waals surface area contributed by atoms with E-state index in [-0.39, 0.29) is 18.2 Å². The van der Waals surface area contributed by atoms with Crippen molar-refractivity contribution in [3.05, 3.63) is 47.5 Å². The van der Waals surface area contributed by atoms with E-state index in [1.165, 1.54) is 6.33 Å². The highest BCUT2D eigenvalue weighted by Gasteiger charge is 2.13. The van der Waals surface area contributed by atoms with Gasteiger partial charge in [0.1, 0.15) is 12.2 Å². The molecule has 0 fully saturated rings. The molecule has 0 aliphatic rings. The number of aromatic nitrogens is 3. The van der Waals surface area contributed by atoms with Gasteiger partial charge in [0.15, 0.2) is 5.78 Å². The van der Waals surface area contributed by atoms with Gasteiger partial charge in [0.25, 0.3) is 0 Å². The highest BCUT2D eigenvalue weighted by atomic mass is 16.1. The molecule has 1 aromatic heterocycles. The summed E-state index contributed by atoms with van der Waals surface area (Å²) in [5.74, 6) is 0.759.